The lowest BCUT2D eigenvalue weighted by Crippen LogP contribution is -2.76. The van der Waals surface area contributed by atoms with E-state index in [4.69, 9.17) is 21.9 Å². The van der Waals surface area contributed by atoms with Gasteiger partial charge in [0.1, 0.15) is 29.7 Å². The summed E-state index contributed by atoms with van der Waals surface area (Å²) in [4.78, 5) is 72.2. The number of benzene rings is 2. The smallest absolute Gasteiger partial charge is 0.245 e. The number of carbonyl (C=O) groups is 4. The predicted molar refractivity (Wildman–Crippen MR) is 234 cm³/mol. The van der Waals surface area contributed by atoms with Crippen molar-refractivity contribution >= 4 is 40.0 Å². The molecule has 0 aliphatic heterocycles. The number of Topliss-reactive ketones (excluding diaryl/α,β-unsaturated/α-hetero) is 2. The molecule has 10 N–H and O–H groups in total. The fourth-order valence-electron chi connectivity index (χ4n) is 8.87. The van der Waals surface area contributed by atoms with Gasteiger partial charge in [0, 0.05) is 49.0 Å². The highest BCUT2D eigenvalue weighted by molar-refractivity contribution is 6.15. The van der Waals surface area contributed by atoms with Crippen LogP contribution in [0.1, 0.15) is 78.3 Å². The number of imidazole rings is 1. The van der Waals surface area contributed by atoms with E-state index in [1.807, 2.05) is 44.2 Å². The monoisotopic (exact) mass is 840 g/mol. The lowest BCUT2D eigenvalue weighted by Gasteiger charge is -2.50. The number of aromatic nitrogens is 3. The molecular formula is C46H64N8O7. The highest BCUT2D eigenvalue weighted by atomic mass is 16.5. The van der Waals surface area contributed by atoms with Gasteiger partial charge in [-0.05, 0) is 47.8 Å². The zero-order chi connectivity index (χ0) is 44.3. The Kier molecular flexibility index (Phi) is 16.3. The third kappa shape index (κ3) is 10.2. The van der Waals surface area contributed by atoms with Gasteiger partial charge in [0.25, 0.3) is 0 Å². The highest BCUT2D eigenvalue weighted by Crippen LogP contribution is 2.46. The van der Waals surface area contributed by atoms with Crippen LogP contribution in [0.2, 0.25) is 0 Å². The van der Waals surface area contributed by atoms with Crippen molar-refractivity contribution < 1.29 is 34.1 Å². The van der Waals surface area contributed by atoms with E-state index in [9.17, 15) is 15.0 Å². The number of nitrogens with zero attached hydrogens (tertiary/aromatic N) is 3. The van der Waals surface area contributed by atoms with E-state index in [0.717, 1.165) is 37.5 Å². The van der Waals surface area contributed by atoms with Crippen molar-refractivity contribution in [3.05, 3.63) is 85.1 Å². The molecule has 2 heterocycles. The van der Waals surface area contributed by atoms with Crippen molar-refractivity contribution in [1.82, 2.24) is 20.3 Å². The molecule has 1 aliphatic rings. The second-order valence-electron chi connectivity index (χ2n) is 16.9. The topological polar surface area (TPSA) is 253 Å². The average Bonchev–Trinajstić information content (AvgIpc) is 3.79. The summed E-state index contributed by atoms with van der Waals surface area (Å²) in [5.74, 6) is -4.31. The van der Waals surface area contributed by atoms with Crippen LogP contribution in [0.5, 0.6) is 5.75 Å². The Labute approximate surface area is 358 Å². The first-order valence-corrected chi connectivity index (χ1v) is 21.5. The van der Waals surface area contributed by atoms with Gasteiger partial charge < -0.3 is 42.5 Å². The van der Waals surface area contributed by atoms with Crippen molar-refractivity contribution in [2.45, 2.75) is 109 Å². The van der Waals surface area contributed by atoms with Gasteiger partial charge in [-0.1, -0.05) is 109 Å². The normalized spacial score (nSPS) is 17.9. The highest BCUT2D eigenvalue weighted by Gasteiger charge is 2.70. The Bertz CT molecular complexity index is 2060. The minimum atomic E-state index is -3.18. The molecule has 1 saturated carbocycles. The SMILES string of the molecule is CC[C@H](C)[C@H](N)C(=O)N(CCNC(=O)[C@](C(=O)[C@@H](N)Cc1cnc[nH]1)(C(C)C)[C@](O)(C(=O)COc1cccc2ccccc12)[C@H](O)[C@@H](N)CC1CCCCC1)c1ccccn1. The largest absolute Gasteiger partial charge is 0.485 e. The van der Waals surface area contributed by atoms with Crippen molar-refractivity contribution in [3.63, 3.8) is 0 Å². The van der Waals surface area contributed by atoms with Crippen LogP contribution in [0.3, 0.4) is 0 Å². The van der Waals surface area contributed by atoms with Gasteiger partial charge in [-0.3, -0.25) is 24.1 Å². The van der Waals surface area contributed by atoms with Gasteiger partial charge in [-0.15, -0.1) is 0 Å². The molecule has 7 atom stereocenters. The number of aliphatic hydroxyl groups excluding tert-OH is 1. The molecule has 0 unspecified atom stereocenters. The quantitative estimate of drug-likeness (QED) is 0.0561. The number of anilines is 1. The Morgan fingerprint density at radius 3 is 2.34 bits per heavy atom. The van der Waals surface area contributed by atoms with E-state index in [1.165, 1.54) is 37.5 Å². The number of ether oxygens (including phenoxy) is 1. The Hall–Kier alpha value is -5.06. The van der Waals surface area contributed by atoms with E-state index in [-0.39, 0.29) is 43.6 Å². The standard InChI is InChI=1S/C46H64N8O7/c1-5-30(4)40(49)43(58)54(39-20-11-12-21-51-39)23-22-52-44(59)45(29(2)3,41(56)36(48)25-33-26-50-28-53-33)46(60,42(57)35(47)24-31-14-7-6-8-15-31)38(55)27-61-37-19-13-17-32-16-9-10-18-34(32)37/h9-13,16-21,26,28-31,35-36,40,42,57,60H,5-8,14-15,22-25,27,47-49H2,1-4H3,(H,50,53)(H,52,59)/t30-,35-,36-,40-,42+,45+,46-/m0/s1. The fourth-order valence-corrected chi connectivity index (χ4v) is 8.87. The third-order valence-electron chi connectivity index (χ3n) is 12.6. The van der Waals surface area contributed by atoms with Gasteiger partial charge >= 0.3 is 0 Å². The van der Waals surface area contributed by atoms with Gasteiger partial charge in [0.05, 0.1) is 18.4 Å². The van der Waals surface area contributed by atoms with Crippen molar-refractivity contribution in [2.75, 3.05) is 24.6 Å². The van der Waals surface area contributed by atoms with Gasteiger partial charge in [-0.2, -0.15) is 0 Å². The fraction of sp³-hybridized carbons (Fsp3) is 0.522. The first-order valence-electron chi connectivity index (χ1n) is 21.5. The Morgan fingerprint density at radius 1 is 0.984 bits per heavy atom. The maximum absolute atomic E-state index is 15.3. The van der Waals surface area contributed by atoms with Crippen LogP contribution in [-0.4, -0.2) is 98.1 Å². The minimum absolute atomic E-state index is 0.0854. The molecule has 15 nitrogen and oxygen atoms in total. The number of nitrogens with two attached hydrogens (primary N) is 3. The molecule has 5 rings (SSSR count). The number of amides is 2. The molecule has 0 bridgehead atoms. The van der Waals surface area contributed by atoms with Crippen LogP contribution in [0.25, 0.3) is 10.8 Å². The zero-order valence-electron chi connectivity index (χ0n) is 35.8. The van der Waals surface area contributed by atoms with E-state index in [1.54, 1.807) is 30.3 Å². The summed E-state index contributed by atoms with van der Waals surface area (Å²) in [5.41, 5.74) is 14.4. The number of hydrogen-bond acceptors (Lipinski definition) is 12. The Balaban J connectivity index is 1.59. The number of aliphatic hydroxyl groups is 2. The van der Waals surface area contributed by atoms with Crippen LogP contribution in [0, 0.1) is 23.2 Å². The van der Waals surface area contributed by atoms with Crippen molar-refractivity contribution in [1.29, 1.82) is 0 Å². The second-order valence-corrected chi connectivity index (χ2v) is 16.9. The van der Waals surface area contributed by atoms with Crippen LogP contribution < -0.4 is 32.2 Å². The molecule has 2 aromatic heterocycles. The number of hydrogen-bond donors (Lipinski definition) is 7. The first-order chi connectivity index (χ1) is 29.2. The summed E-state index contributed by atoms with van der Waals surface area (Å²) in [5, 5.41) is 30.1. The van der Waals surface area contributed by atoms with Gasteiger partial charge in [-0.25, -0.2) is 9.97 Å². The summed E-state index contributed by atoms with van der Waals surface area (Å²) < 4.78 is 6.11. The summed E-state index contributed by atoms with van der Waals surface area (Å²) in [6.45, 7) is 5.56. The number of pyridine rings is 1. The molecule has 1 fully saturated rings. The molecule has 0 radical (unpaired) electrons. The van der Waals surface area contributed by atoms with Crippen LogP contribution in [0.15, 0.2) is 79.4 Å². The number of aromatic amines is 1. The van der Waals surface area contributed by atoms with E-state index in [2.05, 4.69) is 20.3 Å². The molecule has 330 valence electrons. The number of ketones is 2. The molecular weight excluding hydrogens is 777 g/mol. The second kappa shape index (κ2) is 21.1. The maximum Gasteiger partial charge on any atom is 0.245 e. The van der Waals surface area contributed by atoms with Crippen molar-refractivity contribution in [2.24, 2.45) is 40.4 Å². The van der Waals surface area contributed by atoms with Crippen LogP contribution in [-0.2, 0) is 25.6 Å². The van der Waals surface area contributed by atoms with Crippen molar-refractivity contribution in [3.8, 4) is 5.75 Å². The molecule has 2 amide bonds. The summed E-state index contributed by atoms with van der Waals surface area (Å²) >= 11 is 0. The first kappa shape index (κ1) is 47.0. The van der Waals surface area contributed by atoms with Crippen LogP contribution in [0.4, 0.5) is 5.82 Å². The number of rotatable bonds is 22. The molecule has 0 spiro atoms. The summed E-state index contributed by atoms with van der Waals surface area (Å²) in [6.07, 6.45) is 7.68. The molecule has 61 heavy (non-hydrogen) atoms. The van der Waals surface area contributed by atoms with Gasteiger partial charge in [0.2, 0.25) is 17.6 Å². The zero-order valence-corrected chi connectivity index (χ0v) is 35.8. The Morgan fingerprint density at radius 2 is 1.69 bits per heavy atom. The number of fused-ring (bicyclic) bond motifs is 1. The van der Waals surface area contributed by atoms with Crippen LogP contribution >= 0.6 is 0 Å². The molecule has 2 aromatic carbocycles. The molecule has 4 aromatic rings. The molecule has 1 aliphatic carbocycles. The number of nitrogens with one attached hydrogen (secondary N) is 2. The van der Waals surface area contributed by atoms with E-state index >= 15 is 14.4 Å². The minimum Gasteiger partial charge on any atom is -0.485 e. The third-order valence-corrected chi connectivity index (χ3v) is 12.6. The number of carbonyl (C=O) groups excluding carboxylic acids is 4. The van der Waals surface area contributed by atoms with E-state index < -0.39 is 71.2 Å². The lowest BCUT2D eigenvalue weighted by molar-refractivity contribution is -0.200. The average molecular weight is 841 g/mol. The summed E-state index contributed by atoms with van der Waals surface area (Å²) in [6, 6.07) is 14.1. The van der Waals surface area contributed by atoms with Gasteiger partial charge in [0.15, 0.2) is 11.4 Å². The van der Waals surface area contributed by atoms with E-state index in [0.29, 0.717) is 23.3 Å². The lowest BCUT2D eigenvalue weighted by atomic mass is 9.55. The number of H-pyrrole nitrogens is 1. The molecule has 15 heteroatoms. The maximum atomic E-state index is 15.3. The summed E-state index contributed by atoms with van der Waals surface area (Å²) in [7, 11) is 0. The predicted octanol–water partition coefficient (Wildman–Crippen LogP) is 3.60. The molecule has 0 saturated heterocycles.